The third-order valence-electron chi connectivity index (χ3n) is 2.91. The highest BCUT2D eigenvalue weighted by Crippen LogP contribution is 2.14. The molecule has 0 unspecified atom stereocenters. The largest absolute Gasteiger partial charge is 0.497 e. The van der Waals surface area contributed by atoms with Crippen LogP contribution in [0.4, 0.5) is 0 Å². The van der Waals surface area contributed by atoms with Gasteiger partial charge in [-0.25, -0.2) is 8.42 Å². The summed E-state index contributed by atoms with van der Waals surface area (Å²) in [5, 5.41) is 0. The lowest BCUT2D eigenvalue weighted by Crippen LogP contribution is -2.30. The van der Waals surface area contributed by atoms with Gasteiger partial charge in [-0.2, -0.15) is 4.31 Å². The molecule has 0 aromatic heterocycles. The molecule has 1 aromatic rings. The van der Waals surface area contributed by atoms with Gasteiger partial charge in [0.15, 0.2) is 5.94 Å². The van der Waals surface area contributed by atoms with Gasteiger partial charge in [-0.1, -0.05) is 25.5 Å². The van der Waals surface area contributed by atoms with Crippen molar-refractivity contribution in [3.63, 3.8) is 0 Å². The molecule has 114 valence electrons. The van der Waals surface area contributed by atoms with Crippen LogP contribution in [-0.2, 0) is 21.3 Å². The van der Waals surface area contributed by atoms with Crippen molar-refractivity contribution in [3.8, 4) is 5.75 Å². The lowest BCUT2D eigenvalue weighted by molar-refractivity contribution is 0.168. The highest BCUT2D eigenvalue weighted by molar-refractivity contribution is 7.88. The molecule has 0 spiro atoms. The van der Waals surface area contributed by atoms with Crippen molar-refractivity contribution in [2.75, 3.05) is 26.7 Å². The van der Waals surface area contributed by atoms with Crippen molar-refractivity contribution in [1.82, 2.24) is 4.31 Å². The maximum atomic E-state index is 12.0. The smallest absolute Gasteiger partial charge is 0.238 e. The fraction of sp³-hybridized carbons (Fsp3) is 0.571. The van der Waals surface area contributed by atoms with Gasteiger partial charge in [0.1, 0.15) is 5.75 Å². The Bertz CT molecular complexity index is 484. The zero-order valence-corrected chi connectivity index (χ0v) is 13.1. The third-order valence-corrected chi connectivity index (χ3v) is 4.46. The molecule has 5 nitrogen and oxygen atoms in total. The molecule has 0 bridgehead atoms. The van der Waals surface area contributed by atoms with Crippen LogP contribution < -0.4 is 4.74 Å². The lowest BCUT2D eigenvalue weighted by atomic mass is 10.2. The molecule has 0 aliphatic carbocycles. The van der Waals surface area contributed by atoms with Gasteiger partial charge in [-0.3, -0.25) is 0 Å². The average Bonchev–Trinajstić information content (AvgIpc) is 2.44. The normalized spacial score (nSPS) is 11.8. The number of benzene rings is 1. The van der Waals surface area contributed by atoms with Crippen molar-refractivity contribution < 1.29 is 17.9 Å². The maximum absolute atomic E-state index is 12.0. The van der Waals surface area contributed by atoms with Crippen LogP contribution in [0.25, 0.3) is 0 Å². The van der Waals surface area contributed by atoms with Gasteiger partial charge < -0.3 is 9.47 Å². The molecule has 20 heavy (non-hydrogen) atoms. The van der Waals surface area contributed by atoms with Crippen molar-refractivity contribution in [1.29, 1.82) is 0 Å². The van der Waals surface area contributed by atoms with Gasteiger partial charge in [0.2, 0.25) is 10.0 Å². The minimum Gasteiger partial charge on any atom is -0.497 e. The number of ether oxygens (including phenoxy) is 2. The van der Waals surface area contributed by atoms with Gasteiger partial charge >= 0.3 is 0 Å². The van der Waals surface area contributed by atoms with Crippen LogP contribution in [0.5, 0.6) is 5.75 Å². The van der Waals surface area contributed by atoms with Crippen molar-refractivity contribution in [2.24, 2.45) is 0 Å². The van der Waals surface area contributed by atoms with Crippen LogP contribution >= 0.6 is 0 Å². The number of hydrogen-bond donors (Lipinski definition) is 0. The predicted octanol–water partition coefficient (Wildman–Crippen LogP) is 2.23. The minimum atomic E-state index is -3.37. The Morgan fingerprint density at radius 1 is 1.20 bits per heavy atom. The lowest BCUT2D eigenvalue weighted by Gasteiger charge is -2.17. The fourth-order valence-corrected chi connectivity index (χ4v) is 2.44. The molecular formula is C14H23NO4S. The molecule has 0 saturated heterocycles. The molecule has 0 heterocycles. The Morgan fingerprint density at radius 3 is 2.40 bits per heavy atom. The first kappa shape index (κ1) is 16.9. The second-order valence-electron chi connectivity index (χ2n) is 4.60. The Kier molecular flexibility index (Phi) is 6.98. The summed E-state index contributed by atoms with van der Waals surface area (Å²) >= 11 is 0. The zero-order chi connectivity index (χ0) is 15.0. The summed E-state index contributed by atoms with van der Waals surface area (Å²) in [5.41, 5.74) is 0.908. The first-order valence-corrected chi connectivity index (χ1v) is 8.25. The van der Waals surface area contributed by atoms with Crippen LogP contribution in [0.2, 0.25) is 0 Å². The van der Waals surface area contributed by atoms with Crippen molar-refractivity contribution >= 4 is 10.0 Å². The van der Waals surface area contributed by atoms with E-state index < -0.39 is 10.0 Å². The van der Waals surface area contributed by atoms with E-state index in [1.165, 1.54) is 4.31 Å². The number of unbranched alkanes of at least 4 members (excludes halogenated alkanes) is 1. The Morgan fingerprint density at radius 2 is 1.85 bits per heavy atom. The minimum absolute atomic E-state index is 0.264. The molecule has 0 radical (unpaired) electrons. The van der Waals surface area contributed by atoms with Crippen molar-refractivity contribution in [2.45, 2.75) is 26.3 Å². The molecule has 0 amide bonds. The van der Waals surface area contributed by atoms with E-state index >= 15 is 0 Å². The second kappa shape index (κ2) is 8.24. The standard InChI is InChI=1S/C14H23NO4S/c1-4-5-10-19-12-20(16,17)15(2)11-13-6-8-14(18-3)9-7-13/h6-9H,4-5,10-12H2,1-3H3. The van der Waals surface area contributed by atoms with Gasteiger partial charge in [0.05, 0.1) is 7.11 Å². The fourth-order valence-electron chi connectivity index (χ4n) is 1.59. The highest BCUT2D eigenvalue weighted by Gasteiger charge is 2.18. The molecule has 0 fully saturated rings. The van der Waals surface area contributed by atoms with E-state index in [-0.39, 0.29) is 5.94 Å². The summed E-state index contributed by atoms with van der Waals surface area (Å²) in [6.07, 6.45) is 1.86. The molecule has 6 heteroatoms. The molecular weight excluding hydrogens is 278 g/mol. The summed E-state index contributed by atoms with van der Waals surface area (Å²) in [6, 6.07) is 7.33. The topological polar surface area (TPSA) is 55.8 Å². The van der Waals surface area contributed by atoms with E-state index in [4.69, 9.17) is 9.47 Å². The number of methoxy groups -OCH3 is 1. The molecule has 0 N–H and O–H groups in total. The van der Waals surface area contributed by atoms with Gasteiger partial charge in [-0.15, -0.1) is 0 Å². The van der Waals surface area contributed by atoms with Gasteiger partial charge in [0, 0.05) is 20.2 Å². The first-order valence-electron chi connectivity index (χ1n) is 6.64. The van der Waals surface area contributed by atoms with E-state index in [0.29, 0.717) is 13.2 Å². The van der Waals surface area contributed by atoms with E-state index in [0.717, 1.165) is 24.2 Å². The monoisotopic (exact) mass is 301 g/mol. The van der Waals surface area contributed by atoms with Crippen LogP contribution in [0.1, 0.15) is 25.3 Å². The Hall–Kier alpha value is -1.11. The van der Waals surface area contributed by atoms with Crippen LogP contribution in [0.3, 0.4) is 0 Å². The van der Waals surface area contributed by atoms with Crippen LogP contribution in [0.15, 0.2) is 24.3 Å². The summed E-state index contributed by atoms with van der Waals surface area (Å²) in [5.74, 6) is 0.488. The summed E-state index contributed by atoms with van der Waals surface area (Å²) in [6.45, 7) is 2.84. The van der Waals surface area contributed by atoms with E-state index in [1.807, 2.05) is 31.2 Å². The summed E-state index contributed by atoms with van der Waals surface area (Å²) < 4.78 is 35.6. The molecule has 0 aliphatic heterocycles. The Balaban J connectivity index is 2.52. The van der Waals surface area contributed by atoms with Crippen molar-refractivity contribution in [3.05, 3.63) is 29.8 Å². The zero-order valence-electron chi connectivity index (χ0n) is 12.3. The van der Waals surface area contributed by atoms with Crippen LogP contribution in [0, 0.1) is 0 Å². The number of hydrogen-bond acceptors (Lipinski definition) is 4. The quantitative estimate of drug-likeness (QED) is 0.656. The van der Waals surface area contributed by atoms with E-state index in [1.54, 1.807) is 14.2 Å². The first-order chi connectivity index (χ1) is 9.49. The summed E-state index contributed by atoms with van der Waals surface area (Å²) in [4.78, 5) is 0. The van der Waals surface area contributed by atoms with E-state index in [2.05, 4.69) is 0 Å². The number of nitrogens with zero attached hydrogens (tertiary/aromatic N) is 1. The van der Waals surface area contributed by atoms with Gasteiger partial charge in [0.25, 0.3) is 0 Å². The average molecular weight is 301 g/mol. The SMILES string of the molecule is CCCCOCS(=O)(=O)N(C)Cc1ccc(OC)cc1. The molecule has 0 aliphatic rings. The van der Waals surface area contributed by atoms with Gasteiger partial charge in [-0.05, 0) is 24.1 Å². The van der Waals surface area contributed by atoms with E-state index in [9.17, 15) is 8.42 Å². The third kappa shape index (κ3) is 5.48. The predicted molar refractivity (Wildman–Crippen MR) is 79.1 cm³/mol. The second-order valence-corrected chi connectivity index (χ2v) is 6.62. The molecule has 0 atom stereocenters. The maximum Gasteiger partial charge on any atom is 0.238 e. The number of sulfonamides is 1. The summed E-state index contributed by atoms with van der Waals surface area (Å²) in [7, 11) is -0.220. The Labute approximate surface area is 121 Å². The highest BCUT2D eigenvalue weighted by atomic mass is 32.2. The molecule has 1 rings (SSSR count). The molecule has 0 saturated carbocycles. The molecule has 1 aromatic carbocycles. The van der Waals surface area contributed by atoms with Crippen LogP contribution in [-0.4, -0.2) is 39.4 Å². The number of rotatable bonds is 9.